The van der Waals surface area contributed by atoms with Crippen molar-refractivity contribution < 1.29 is 13.7 Å². The molecule has 0 amide bonds. The first-order valence-electron chi connectivity index (χ1n) is 5.74. The molecule has 0 spiro atoms. The van der Waals surface area contributed by atoms with Crippen molar-refractivity contribution in [3.8, 4) is 11.5 Å². The Morgan fingerprint density at radius 2 is 2.32 bits per heavy atom. The third-order valence-electron chi connectivity index (χ3n) is 2.45. The molecule has 7 heteroatoms. The summed E-state index contributed by atoms with van der Waals surface area (Å²) < 4.78 is 23.8. The van der Waals surface area contributed by atoms with Crippen LogP contribution in [0.3, 0.4) is 0 Å². The maximum Gasteiger partial charge on any atom is 0.262 e. The predicted molar refractivity (Wildman–Crippen MR) is 68.1 cm³/mol. The number of halogens is 2. The Hall–Kier alpha value is -1.50. The Balaban J connectivity index is 2.26. The van der Waals surface area contributed by atoms with Crippen molar-refractivity contribution in [1.29, 1.82) is 0 Å². The molecule has 1 atom stereocenters. The summed E-state index contributed by atoms with van der Waals surface area (Å²) in [6.45, 7) is 2.66. The van der Waals surface area contributed by atoms with Crippen molar-refractivity contribution in [3.05, 3.63) is 34.9 Å². The van der Waals surface area contributed by atoms with Crippen LogP contribution in [0.4, 0.5) is 4.39 Å². The molecule has 2 aromatic rings. The SMILES string of the molecule is CCOCC(N)c1noc(-c2c(F)cccc2Cl)n1. The number of ether oxygens (including phenoxy) is 1. The van der Waals surface area contributed by atoms with E-state index in [1.165, 1.54) is 12.1 Å². The van der Waals surface area contributed by atoms with E-state index in [-0.39, 0.29) is 28.9 Å². The van der Waals surface area contributed by atoms with Crippen LogP contribution in [0.1, 0.15) is 18.8 Å². The Bertz CT molecular complexity index is 541. The molecule has 102 valence electrons. The van der Waals surface area contributed by atoms with Crippen LogP contribution in [0, 0.1) is 5.82 Å². The molecule has 1 aromatic carbocycles. The van der Waals surface area contributed by atoms with Gasteiger partial charge in [0.15, 0.2) is 5.82 Å². The Kier molecular flexibility index (Phi) is 4.47. The van der Waals surface area contributed by atoms with Gasteiger partial charge < -0.3 is 15.0 Å². The lowest BCUT2D eigenvalue weighted by atomic mass is 10.2. The molecule has 19 heavy (non-hydrogen) atoms. The van der Waals surface area contributed by atoms with Crippen LogP contribution in [0.15, 0.2) is 22.7 Å². The third-order valence-corrected chi connectivity index (χ3v) is 2.77. The number of nitrogens with zero attached hydrogens (tertiary/aromatic N) is 2. The highest BCUT2D eigenvalue weighted by Gasteiger charge is 2.19. The lowest BCUT2D eigenvalue weighted by Gasteiger charge is -2.05. The first-order chi connectivity index (χ1) is 9.13. The van der Waals surface area contributed by atoms with E-state index in [1.54, 1.807) is 6.07 Å². The summed E-state index contributed by atoms with van der Waals surface area (Å²) in [4.78, 5) is 4.05. The van der Waals surface area contributed by atoms with Crippen molar-refractivity contribution in [3.63, 3.8) is 0 Å². The first kappa shape index (κ1) is 13.9. The summed E-state index contributed by atoms with van der Waals surface area (Å²) in [5, 5.41) is 3.91. The standard InChI is InChI=1S/C12H13ClFN3O2/c1-2-18-6-9(15)11-16-12(19-17-11)10-7(13)4-3-5-8(10)14/h3-5,9H,2,6,15H2,1H3. The van der Waals surface area contributed by atoms with E-state index in [4.69, 9.17) is 26.6 Å². The third kappa shape index (κ3) is 3.09. The molecule has 2 N–H and O–H groups in total. The summed E-state index contributed by atoms with van der Waals surface area (Å²) in [6, 6.07) is 3.79. The normalized spacial score (nSPS) is 12.6. The number of hydrogen-bond acceptors (Lipinski definition) is 5. The second kappa shape index (κ2) is 6.10. The van der Waals surface area contributed by atoms with Gasteiger partial charge in [-0.15, -0.1) is 0 Å². The van der Waals surface area contributed by atoms with Gasteiger partial charge in [-0.05, 0) is 19.1 Å². The summed E-state index contributed by atoms with van der Waals surface area (Å²) >= 11 is 5.91. The van der Waals surface area contributed by atoms with Crippen molar-refractivity contribution >= 4 is 11.6 Å². The smallest absolute Gasteiger partial charge is 0.262 e. The molecule has 0 saturated heterocycles. The van der Waals surface area contributed by atoms with Gasteiger partial charge in [0.25, 0.3) is 5.89 Å². The summed E-state index contributed by atoms with van der Waals surface area (Å²) in [7, 11) is 0. The van der Waals surface area contributed by atoms with Crippen LogP contribution < -0.4 is 5.73 Å². The zero-order chi connectivity index (χ0) is 13.8. The van der Waals surface area contributed by atoms with E-state index in [0.29, 0.717) is 6.61 Å². The number of nitrogens with two attached hydrogens (primary N) is 1. The molecule has 0 radical (unpaired) electrons. The molecule has 1 unspecified atom stereocenters. The quantitative estimate of drug-likeness (QED) is 0.914. The van der Waals surface area contributed by atoms with Crippen molar-refractivity contribution in [1.82, 2.24) is 10.1 Å². The number of aromatic nitrogens is 2. The monoisotopic (exact) mass is 285 g/mol. The molecule has 1 heterocycles. The van der Waals surface area contributed by atoms with Crippen molar-refractivity contribution in [2.45, 2.75) is 13.0 Å². The topological polar surface area (TPSA) is 74.2 Å². The van der Waals surface area contributed by atoms with E-state index in [9.17, 15) is 4.39 Å². The molecule has 0 saturated carbocycles. The maximum atomic E-state index is 13.7. The highest BCUT2D eigenvalue weighted by Crippen LogP contribution is 2.29. The molecule has 0 aliphatic carbocycles. The zero-order valence-corrected chi connectivity index (χ0v) is 11.0. The molecule has 0 aliphatic rings. The fourth-order valence-electron chi connectivity index (χ4n) is 1.51. The number of hydrogen-bond donors (Lipinski definition) is 1. The summed E-state index contributed by atoms with van der Waals surface area (Å²) in [5.74, 6) is -0.270. The van der Waals surface area contributed by atoms with Crippen LogP contribution in [0.2, 0.25) is 5.02 Å². The van der Waals surface area contributed by atoms with Crippen LogP contribution in [0.5, 0.6) is 0 Å². The first-order valence-corrected chi connectivity index (χ1v) is 6.12. The van der Waals surface area contributed by atoms with E-state index < -0.39 is 11.9 Å². The van der Waals surface area contributed by atoms with Crippen molar-refractivity contribution in [2.24, 2.45) is 5.73 Å². The van der Waals surface area contributed by atoms with Gasteiger partial charge in [0.2, 0.25) is 0 Å². The van der Waals surface area contributed by atoms with Gasteiger partial charge in [-0.2, -0.15) is 4.98 Å². The highest BCUT2D eigenvalue weighted by atomic mass is 35.5. The van der Waals surface area contributed by atoms with Gasteiger partial charge in [0.1, 0.15) is 5.82 Å². The van der Waals surface area contributed by atoms with Gasteiger partial charge >= 0.3 is 0 Å². The molecule has 1 aromatic heterocycles. The molecule has 0 bridgehead atoms. The minimum absolute atomic E-state index is 0.00467. The molecule has 0 aliphatic heterocycles. The summed E-state index contributed by atoms with van der Waals surface area (Å²) in [6.07, 6.45) is 0. The van der Waals surface area contributed by atoms with Crippen LogP contribution in [-0.4, -0.2) is 23.4 Å². The second-order valence-electron chi connectivity index (χ2n) is 3.82. The predicted octanol–water partition coefficient (Wildman–Crippen LogP) is 2.57. The number of rotatable bonds is 5. The Labute approximate surface area is 114 Å². The van der Waals surface area contributed by atoms with Gasteiger partial charge in [-0.25, -0.2) is 4.39 Å². The average molecular weight is 286 g/mol. The maximum absolute atomic E-state index is 13.7. The van der Waals surface area contributed by atoms with Gasteiger partial charge in [-0.3, -0.25) is 0 Å². The second-order valence-corrected chi connectivity index (χ2v) is 4.23. The minimum atomic E-state index is -0.527. The fourth-order valence-corrected chi connectivity index (χ4v) is 1.75. The Morgan fingerprint density at radius 1 is 1.53 bits per heavy atom. The van der Waals surface area contributed by atoms with Gasteiger partial charge in [-0.1, -0.05) is 22.8 Å². The molecule has 2 rings (SSSR count). The number of benzene rings is 1. The van der Waals surface area contributed by atoms with Crippen LogP contribution in [0.25, 0.3) is 11.5 Å². The van der Waals surface area contributed by atoms with Gasteiger partial charge in [0, 0.05) is 6.61 Å². The van der Waals surface area contributed by atoms with Crippen LogP contribution >= 0.6 is 11.6 Å². The largest absolute Gasteiger partial charge is 0.380 e. The van der Waals surface area contributed by atoms with E-state index in [2.05, 4.69) is 10.1 Å². The zero-order valence-electron chi connectivity index (χ0n) is 10.3. The van der Waals surface area contributed by atoms with Gasteiger partial charge in [0.05, 0.1) is 23.2 Å². The highest BCUT2D eigenvalue weighted by molar-refractivity contribution is 6.33. The fraction of sp³-hybridized carbons (Fsp3) is 0.333. The molecular weight excluding hydrogens is 273 g/mol. The van der Waals surface area contributed by atoms with Crippen molar-refractivity contribution in [2.75, 3.05) is 13.2 Å². The Morgan fingerprint density at radius 3 is 3.00 bits per heavy atom. The average Bonchev–Trinajstić information content (AvgIpc) is 2.85. The molecular formula is C12H13ClFN3O2. The summed E-state index contributed by atoms with van der Waals surface area (Å²) in [5.41, 5.74) is 5.89. The lowest BCUT2D eigenvalue weighted by Crippen LogP contribution is -2.18. The minimum Gasteiger partial charge on any atom is -0.380 e. The molecule has 5 nitrogen and oxygen atoms in total. The van der Waals surface area contributed by atoms with E-state index in [1.807, 2.05) is 6.92 Å². The van der Waals surface area contributed by atoms with E-state index >= 15 is 0 Å². The van der Waals surface area contributed by atoms with E-state index in [0.717, 1.165) is 0 Å². The van der Waals surface area contributed by atoms with Crippen LogP contribution in [-0.2, 0) is 4.74 Å². The lowest BCUT2D eigenvalue weighted by molar-refractivity contribution is 0.130. The molecule has 0 fully saturated rings.